The van der Waals surface area contributed by atoms with E-state index in [1.165, 1.54) is 5.56 Å². The molecule has 0 unspecified atom stereocenters. The lowest BCUT2D eigenvalue weighted by molar-refractivity contribution is -0.137. The molecule has 130 valence electrons. The highest BCUT2D eigenvalue weighted by Crippen LogP contribution is 2.37. The molecule has 0 aromatic heterocycles. The van der Waals surface area contributed by atoms with Crippen molar-refractivity contribution in [1.82, 2.24) is 9.80 Å². The van der Waals surface area contributed by atoms with Crippen molar-refractivity contribution in [3.8, 4) is 0 Å². The van der Waals surface area contributed by atoms with Crippen LogP contribution < -0.4 is 0 Å². The Labute approximate surface area is 148 Å². The quantitative estimate of drug-likeness (QED) is 0.841. The second kappa shape index (κ2) is 6.66. The summed E-state index contributed by atoms with van der Waals surface area (Å²) in [4.78, 5) is 16.6. The van der Waals surface area contributed by atoms with E-state index in [0.717, 1.165) is 69.9 Å². The molecule has 4 nitrogen and oxygen atoms in total. The first-order valence-electron chi connectivity index (χ1n) is 9.04. The Hall–Kier alpha value is -1.10. The second-order valence-corrected chi connectivity index (χ2v) is 7.83. The molecular weight excluding hydrogens is 324 g/mol. The van der Waals surface area contributed by atoms with Gasteiger partial charge in [-0.05, 0) is 37.3 Å². The van der Waals surface area contributed by atoms with Crippen LogP contribution in [0.25, 0.3) is 0 Å². The van der Waals surface area contributed by atoms with Crippen molar-refractivity contribution < 1.29 is 9.53 Å². The average Bonchev–Trinajstić information content (AvgIpc) is 3.17. The van der Waals surface area contributed by atoms with Gasteiger partial charge in [-0.15, -0.1) is 0 Å². The molecule has 3 aliphatic heterocycles. The minimum atomic E-state index is -0.0763. The Bertz CT molecular complexity index is 623. The van der Waals surface area contributed by atoms with Crippen molar-refractivity contribution in [2.24, 2.45) is 0 Å². The van der Waals surface area contributed by atoms with Crippen LogP contribution in [0.4, 0.5) is 0 Å². The number of ether oxygens (including phenoxy) is 1. The molecule has 3 aliphatic rings. The summed E-state index contributed by atoms with van der Waals surface area (Å²) in [6.07, 6.45) is 4.76. The highest BCUT2D eigenvalue weighted by molar-refractivity contribution is 6.31. The fraction of sp³-hybridized carbons (Fsp3) is 0.632. The lowest BCUT2D eigenvalue weighted by Crippen LogP contribution is -2.50. The maximum atomic E-state index is 12.1. The van der Waals surface area contributed by atoms with Gasteiger partial charge in [0.05, 0.1) is 5.60 Å². The normalized spacial score (nSPS) is 31.3. The Kier molecular flexibility index (Phi) is 4.54. The zero-order valence-corrected chi connectivity index (χ0v) is 14.8. The molecule has 0 bridgehead atoms. The van der Waals surface area contributed by atoms with Crippen LogP contribution in [0.3, 0.4) is 0 Å². The minimum absolute atomic E-state index is 0.0763. The minimum Gasteiger partial charge on any atom is -0.373 e. The van der Waals surface area contributed by atoms with Crippen molar-refractivity contribution in [2.75, 3.05) is 26.2 Å². The molecule has 3 heterocycles. The van der Waals surface area contributed by atoms with Crippen molar-refractivity contribution in [3.63, 3.8) is 0 Å². The number of carbonyl (C=O) groups excluding carboxylic acids is 1. The summed E-state index contributed by atoms with van der Waals surface area (Å²) < 4.78 is 6.24. The third kappa shape index (κ3) is 3.19. The summed E-state index contributed by atoms with van der Waals surface area (Å²) in [6, 6.07) is 8.43. The number of amides is 1. The van der Waals surface area contributed by atoms with Gasteiger partial charge >= 0.3 is 0 Å². The molecule has 3 saturated heterocycles. The second-order valence-electron chi connectivity index (χ2n) is 7.42. The third-order valence-corrected chi connectivity index (χ3v) is 6.13. The number of nitrogens with zero attached hydrogens (tertiary/aromatic N) is 2. The van der Waals surface area contributed by atoms with Crippen LogP contribution in [-0.4, -0.2) is 53.6 Å². The smallest absolute Gasteiger partial charge is 0.222 e. The van der Waals surface area contributed by atoms with Gasteiger partial charge in [0.25, 0.3) is 0 Å². The van der Waals surface area contributed by atoms with E-state index in [9.17, 15) is 4.79 Å². The van der Waals surface area contributed by atoms with E-state index in [1.54, 1.807) is 0 Å². The zero-order valence-electron chi connectivity index (χ0n) is 14.0. The van der Waals surface area contributed by atoms with Crippen LogP contribution in [0.15, 0.2) is 24.3 Å². The van der Waals surface area contributed by atoms with Crippen LogP contribution in [-0.2, 0) is 16.1 Å². The van der Waals surface area contributed by atoms with E-state index in [-0.39, 0.29) is 5.60 Å². The molecular formula is C19H25ClN2O2. The van der Waals surface area contributed by atoms with Gasteiger partial charge in [0.15, 0.2) is 0 Å². The number of rotatable bonds is 3. The van der Waals surface area contributed by atoms with Crippen LogP contribution in [0.2, 0.25) is 5.02 Å². The summed E-state index contributed by atoms with van der Waals surface area (Å²) >= 11 is 6.30. The predicted octanol–water partition coefficient (Wildman–Crippen LogP) is 3.09. The van der Waals surface area contributed by atoms with Crippen LogP contribution in [0.1, 0.15) is 37.7 Å². The summed E-state index contributed by atoms with van der Waals surface area (Å²) in [7, 11) is 0. The molecule has 3 fully saturated rings. The molecule has 0 N–H and O–H groups in total. The van der Waals surface area contributed by atoms with Crippen molar-refractivity contribution in [2.45, 2.75) is 50.3 Å². The van der Waals surface area contributed by atoms with E-state index in [0.29, 0.717) is 11.9 Å². The molecule has 1 amide bonds. The summed E-state index contributed by atoms with van der Waals surface area (Å²) in [5.41, 5.74) is 1.10. The lowest BCUT2D eigenvalue weighted by atomic mass is 9.89. The highest BCUT2D eigenvalue weighted by atomic mass is 35.5. The topological polar surface area (TPSA) is 32.8 Å². The fourth-order valence-electron chi connectivity index (χ4n) is 4.54. The summed E-state index contributed by atoms with van der Waals surface area (Å²) in [6.45, 7) is 4.55. The van der Waals surface area contributed by atoms with Crippen molar-refractivity contribution in [1.29, 1.82) is 0 Å². The Morgan fingerprint density at radius 1 is 1.29 bits per heavy atom. The zero-order chi connectivity index (χ0) is 16.6. The Morgan fingerprint density at radius 2 is 2.17 bits per heavy atom. The maximum absolute atomic E-state index is 12.1. The average molecular weight is 349 g/mol. The molecule has 0 saturated carbocycles. The van der Waals surface area contributed by atoms with E-state index in [4.69, 9.17) is 16.3 Å². The Morgan fingerprint density at radius 3 is 2.96 bits per heavy atom. The molecule has 5 heteroatoms. The fourth-order valence-corrected chi connectivity index (χ4v) is 4.73. The first kappa shape index (κ1) is 16.4. The van der Waals surface area contributed by atoms with Crippen LogP contribution in [0.5, 0.6) is 0 Å². The van der Waals surface area contributed by atoms with Crippen LogP contribution >= 0.6 is 11.6 Å². The molecule has 4 rings (SSSR count). The summed E-state index contributed by atoms with van der Waals surface area (Å²) in [5, 5.41) is 0.837. The monoisotopic (exact) mass is 348 g/mol. The predicted molar refractivity (Wildman–Crippen MR) is 94.0 cm³/mol. The van der Waals surface area contributed by atoms with E-state index >= 15 is 0 Å². The molecule has 1 aromatic rings. The van der Waals surface area contributed by atoms with Gasteiger partial charge < -0.3 is 9.64 Å². The lowest BCUT2D eigenvalue weighted by Gasteiger charge is -2.41. The number of halogens is 1. The van der Waals surface area contributed by atoms with Crippen molar-refractivity contribution in [3.05, 3.63) is 34.9 Å². The molecule has 1 aromatic carbocycles. The van der Waals surface area contributed by atoms with Gasteiger partial charge in [-0.25, -0.2) is 0 Å². The first-order valence-corrected chi connectivity index (χ1v) is 9.42. The summed E-state index contributed by atoms with van der Waals surface area (Å²) in [5.74, 6) is 0.336. The molecule has 0 radical (unpaired) electrons. The first-order chi connectivity index (χ1) is 11.7. The number of hydrogen-bond donors (Lipinski definition) is 0. The van der Waals surface area contributed by atoms with E-state index in [2.05, 4.69) is 15.9 Å². The maximum Gasteiger partial charge on any atom is 0.222 e. The molecule has 2 atom stereocenters. The Balaban J connectivity index is 1.41. The van der Waals surface area contributed by atoms with E-state index in [1.807, 2.05) is 18.2 Å². The van der Waals surface area contributed by atoms with Gasteiger partial charge in [0.1, 0.15) is 0 Å². The van der Waals surface area contributed by atoms with E-state index < -0.39 is 0 Å². The van der Waals surface area contributed by atoms with Crippen LogP contribution in [0, 0.1) is 0 Å². The van der Waals surface area contributed by atoms with Gasteiger partial charge in [0.2, 0.25) is 5.91 Å². The standard InChI is InChI=1S/C19H25ClN2O2/c20-17-5-2-1-4-15(17)13-21-10-8-19(14-21)12-16(7-11-24-19)22-9-3-6-18(22)23/h1-2,4-5,16H,3,6-14H2/t16-,19-/m1/s1. The van der Waals surface area contributed by atoms with Gasteiger partial charge in [0, 0.05) is 50.3 Å². The van der Waals surface area contributed by atoms with Crippen molar-refractivity contribution >= 4 is 17.5 Å². The third-order valence-electron chi connectivity index (χ3n) is 5.76. The number of benzene rings is 1. The highest BCUT2D eigenvalue weighted by Gasteiger charge is 2.45. The van der Waals surface area contributed by atoms with Gasteiger partial charge in [-0.1, -0.05) is 29.8 Å². The number of likely N-dealkylation sites (tertiary alicyclic amines) is 2. The van der Waals surface area contributed by atoms with Gasteiger partial charge in [-0.2, -0.15) is 0 Å². The molecule has 0 aliphatic carbocycles. The largest absolute Gasteiger partial charge is 0.373 e. The SMILES string of the molecule is O=C1CCCN1[C@@H]1CCO[C@]2(CCN(Cc3ccccc3Cl)C2)C1. The molecule has 1 spiro atoms. The van der Waals surface area contributed by atoms with Gasteiger partial charge in [-0.3, -0.25) is 9.69 Å². The number of carbonyl (C=O) groups is 1. The molecule has 24 heavy (non-hydrogen) atoms. The number of hydrogen-bond acceptors (Lipinski definition) is 3.